The van der Waals surface area contributed by atoms with Crippen molar-refractivity contribution in [3.63, 3.8) is 0 Å². The summed E-state index contributed by atoms with van der Waals surface area (Å²) >= 11 is 0. The minimum atomic E-state index is -5.03. The molecule has 2 aromatic rings. The van der Waals surface area contributed by atoms with E-state index in [0.29, 0.717) is 36.3 Å². The number of methoxy groups -OCH3 is 1. The minimum absolute atomic E-state index is 0.0515. The number of rotatable bonds is 6. The standard InChI is InChI=1S/C31H32F7NO3/c1-16-27(18-9-20(30(33,34)35)11-21(10-18)31(36,37)38)42-28(40)39(16)15-19-14-29(2,3)8-7-22(19)24-12-23(17-5-6-17)25(32)13-26(24)41-4/h9-13,16-17,27H,5-8,14-15H2,1-4H3/t16-,27-/m0/s1. The van der Waals surface area contributed by atoms with E-state index in [1.54, 1.807) is 6.92 Å². The Labute approximate surface area is 239 Å². The van der Waals surface area contributed by atoms with Crippen LogP contribution in [0.5, 0.6) is 5.75 Å². The van der Waals surface area contributed by atoms with Crippen LogP contribution in [-0.4, -0.2) is 30.7 Å². The van der Waals surface area contributed by atoms with Crippen LogP contribution in [0.15, 0.2) is 35.9 Å². The van der Waals surface area contributed by atoms with E-state index < -0.39 is 41.7 Å². The fourth-order valence-corrected chi connectivity index (χ4v) is 6.08. The van der Waals surface area contributed by atoms with Gasteiger partial charge >= 0.3 is 18.4 Å². The van der Waals surface area contributed by atoms with Crippen LogP contribution in [0.1, 0.15) is 92.7 Å². The molecule has 2 atom stereocenters. The Morgan fingerprint density at radius 3 is 2.17 bits per heavy atom. The van der Waals surface area contributed by atoms with Gasteiger partial charge in [-0.15, -0.1) is 0 Å². The second-order valence-electron chi connectivity index (χ2n) is 12.3. The van der Waals surface area contributed by atoms with E-state index in [1.807, 2.05) is 6.07 Å². The summed E-state index contributed by atoms with van der Waals surface area (Å²) in [4.78, 5) is 14.4. The molecule has 1 saturated heterocycles. The van der Waals surface area contributed by atoms with Gasteiger partial charge in [0.1, 0.15) is 17.7 Å². The van der Waals surface area contributed by atoms with Gasteiger partial charge in [-0.2, -0.15) is 26.3 Å². The molecule has 2 aromatic carbocycles. The fraction of sp³-hybridized carbons (Fsp3) is 0.516. The molecule has 228 valence electrons. The monoisotopic (exact) mass is 599 g/mol. The highest BCUT2D eigenvalue weighted by molar-refractivity contribution is 5.77. The van der Waals surface area contributed by atoms with Crippen LogP contribution in [0.3, 0.4) is 0 Å². The number of carbonyl (C=O) groups is 1. The molecule has 0 spiro atoms. The summed E-state index contributed by atoms with van der Waals surface area (Å²) in [6.07, 6.45) is -8.43. The van der Waals surface area contributed by atoms with Crippen LogP contribution in [0.25, 0.3) is 5.57 Å². The van der Waals surface area contributed by atoms with Gasteiger partial charge in [0.05, 0.1) is 24.3 Å². The topological polar surface area (TPSA) is 38.8 Å². The lowest BCUT2D eigenvalue weighted by Gasteiger charge is -2.36. The Bertz CT molecular complexity index is 1390. The fourth-order valence-electron chi connectivity index (χ4n) is 6.08. The lowest BCUT2D eigenvalue weighted by molar-refractivity contribution is -0.143. The summed E-state index contributed by atoms with van der Waals surface area (Å²) in [5.41, 5.74) is -0.353. The molecule has 42 heavy (non-hydrogen) atoms. The number of carbonyl (C=O) groups excluding carboxylic acids is 1. The number of amides is 1. The molecular formula is C31H32F7NO3. The molecule has 1 aliphatic heterocycles. The number of cyclic esters (lactones) is 1. The number of halogens is 7. The zero-order valence-electron chi connectivity index (χ0n) is 23.7. The normalized spacial score (nSPS) is 22.9. The predicted molar refractivity (Wildman–Crippen MR) is 141 cm³/mol. The van der Waals surface area contributed by atoms with E-state index in [1.165, 1.54) is 18.1 Å². The number of benzene rings is 2. The van der Waals surface area contributed by atoms with Crippen molar-refractivity contribution in [1.82, 2.24) is 4.90 Å². The SMILES string of the molecule is COc1cc(F)c(C2CC2)cc1C1=C(CN2C(=O)O[C@H](c3cc(C(F)(F)F)cc(C(F)(F)F)c3)[C@@H]2C)CC(C)(C)CC1. The smallest absolute Gasteiger partial charge is 0.416 e. The van der Waals surface area contributed by atoms with Crippen LogP contribution in [0, 0.1) is 11.2 Å². The average molecular weight is 600 g/mol. The van der Waals surface area contributed by atoms with Gasteiger partial charge in [0.15, 0.2) is 0 Å². The highest BCUT2D eigenvalue weighted by atomic mass is 19.4. The maximum atomic E-state index is 14.8. The Morgan fingerprint density at radius 2 is 1.62 bits per heavy atom. The Kier molecular flexibility index (Phi) is 7.55. The largest absolute Gasteiger partial charge is 0.496 e. The van der Waals surface area contributed by atoms with Crippen LogP contribution >= 0.6 is 0 Å². The molecule has 4 nitrogen and oxygen atoms in total. The number of nitrogens with zero attached hydrogens (tertiary/aromatic N) is 1. The number of allylic oxidation sites excluding steroid dienone is 1. The third kappa shape index (κ3) is 5.97. The minimum Gasteiger partial charge on any atom is -0.496 e. The van der Waals surface area contributed by atoms with Crippen LogP contribution < -0.4 is 4.74 Å². The van der Waals surface area contributed by atoms with Crippen molar-refractivity contribution in [2.75, 3.05) is 13.7 Å². The first-order chi connectivity index (χ1) is 19.5. The van der Waals surface area contributed by atoms with Crippen molar-refractivity contribution in [2.24, 2.45) is 5.41 Å². The molecule has 1 saturated carbocycles. The molecule has 0 radical (unpaired) electrons. The van der Waals surface area contributed by atoms with Gasteiger partial charge in [-0.3, -0.25) is 4.90 Å². The summed E-state index contributed by atoms with van der Waals surface area (Å²) in [6, 6.07) is 3.58. The van der Waals surface area contributed by atoms with Crippen LogP contribution in [-0.2, 0) is 17.1 Å². The molecule has 0 N–H and O–H groups in total. The first-order valence-corrected chi connectivity index (χ1v) is 13.8. The molecule has 0 bridgehead atoms. The second-order valence-corrected chi connectivity index (χ2v) is 12.3. The molecule has 2 aliphatic carbocycles. The first-order valence-electron chi connectivity index (χ1n) is 13.8. The Morgan fingerprint density at radius 1 is 1.00 bits per heavy atom. The Hall–Kier alpha value is -3.24. The van der Waals surface area contributed by atoms with Crippen molar-refractivity contribution in [1.29, 1.82) is 0 Å². The molecule has 0 aromatic heterocycles. The summed E-state index contributed by atoms with van der Waals surface area (Å²) in [5, 5.41) is 0. The lowest BCUT2D eigenvalue weighted by atomic mass is 9.72. The second kappa shape index (κ2) is 10.5. The van der Waals surface area contributed by atoms with Gasteiger partial charge in [-0.1, -0.05) is 13.8 Å². The third-order valence-corrected chi connectivity index (χ3v) is 8.52. The maximum absolute atomic E-state index is 14.8. The summed E-state index contributed by atoms with van der Waals surface area (Å²) in [7, 11) is 1.46. The van der Waals surface area contributed by atoms with E-state index in [0.717, 1.165) is 36.0 Å². The van der Waals surface area contributed by atoms with Crippen molar-refractivity contribution < 1.29 is 45.0 Å². The zero-order chi connectivity index (χ0) is 30.8. The Balaban J connectivity index is 1.53. The highest BCUT2D eigenvalue weighted by Gasteiger charge is 2.44. The molecular weight excluding hydrogens is 567 g/mol. The maximum Gasteiger partial charge on any atom is 0.416 e. The number of hydrogen-bond donors (Lipinski definition) is 0. The van der Waals surface area contributed by atoms with Crippen molar-refractivity contribution in [3.05, 3.63) is 69.5 Å². The van der Waals surface area contributed by atoms with E-state index in [-0.39, 0.29) is 35.3 Å². The molecule has 11 heteroatoms. The molecule has 3 aliphatic rings. The molecule has 2 fully saturated rings. The molecule has 1 heterocycles. The number of ether oxygens (including phenoxy) is 2. The summed E-state index contributed by atoms with van der Waals surface area (Å²) in [6.45, 7) is 5.76. The van der Waals surface area contributed by atoms with Crippen molar-refractivity contribution >= 4 is 11.7 Å². The van der Waals surface area contributed by atoms with Gasteiger partial charge in [0.25, 0.3) is 0 Å². The third-order valence-electron chi connectivity index (χ3n) is 8.52. The van der Waals surface area contributed by atoms with E-state index in [9.17, 15) is 35.5 Å². The van der Waals surface area contributed by atoms with Crippen molar-refractivity contribution in [3.8, 4) is 5.75 Å². The first kappa shape index (κ1) is 30.2. The molecule has 5 rings (SSSR count). The predicted octanol–water partition coefficient (Wildman–Crippen LogP) is 9.29. The van der Waals surface area contributed by atoms with E-state index >= 15 is 0 Å². The van der Waals surface area contributed by atoms with Gasteiger partial charge < -0.3 is 9.47 Å². The van der Waals surface area contributed by atoms with E-state index in [4.69, 9.17) is 9.47 Å². The van der Waals surface area contributed by atoms with Crippen molar-refractivity contribution in [2.45, 2.75) is 83.3 Å². The lowest BCUT2D eigenvalue weighted by Crippen LogP contribution is -2.35. The summed E-state index contributed by atoms with van der Waals surface area (Å²) in [5.74, 6) is 0.167. The van der Waals surface area contributed by atoms with E-state index in [2.05, 4.69) is 13.8 Å². The quantitative estimate of drug-likeness (QED) is 0.311. The van der Waals surface area contributed by atoms with Crippen LogP contribution in [0.2, 0.25) is 0 Å². The van der Waals surface area contributed by atoms with Gasteiger partial charge in [0.2, 0.25) is 0 Å². The summed E-state index contributed by atoms with van der Waals surface area (Å²) < 4.78 is 107. The molecule has 0 unspecified atom stereocenters. The zero-order valence-corrected chi connectivity index (χ0v) is 23.7. The number of hydrogen-bond acceptors (Lipinski definition) is 3. The highest BCUT2D eigenvalue weighted by Crippen LogP contribution is 2.49. The number of alkyl halides is 6. The van der Waals surface area contributed by atoms with Crippen LogP contribution in [0.4, 0.5) is 35.5 Å². The van der Waals surface area contributed by atoms with Gasteiger partial charge in [-0.05, 0) is 96.9 Å². The molecule has 1 amide bonds. The average Bonchev–Trinajstić information content (AvgIpc) is 3.69. The van der Waals surface area contributed by atoms with Gasteiger partial charge in [0, 0.05) is 18.2 Å². The van der Waals surface area contributed by atoms with Gasteiger partial charge in [-0.25, -0.2) is 9.18 Å².